The molecule has 4 nitrogen and oxygen atoms in total. The number of rotatable bonds is 3. The van der Waals surface area contributed by atoms with Crippen molar-refractivity contribution in [2.45, 2.75) is 17.4 Å². The van der Waals surface area contributed by atoms with Gasteiger partial charge in [0.2, 0.25) is 11.8 Å². The van der Waals surface area contributed by atoms with Crippen molar-refractivity contribution in [1.29, 1.82) is 0 Å². The lowest BCUT2D eigenvalue weighted by Gasteiger charge is -2.11. The summed E-state index contributed by atoms with van der Waals surface area (Å²) < 4.78 is 5.04. The summed E-state index contributed by atoms with van der Waals surface area (Å²) >= 11 is 3.25. The number of carbonyl (C=O) groups is 2. The normalized spacial score (nSPS) is 23.9. The third-order valence-electron chi connectivity index (χ3n) is 2.69. The van der Waals surface area contributed by atoms with Gasteiger partial charge in [0.1, 0.15) is 4.83 Å². The molecule has 2 unspecified atom stereocenters. The summed E-state index contributed by atoms with van der Waals surface area (Å²) in [5.41, 5.74) is 1.81. The highest BCUT2D eigenvalue weighted by Crippen LogP contribution is 2.30. The minimum atomic E-state index is -0.493. The Morgan fingerprint density at radius 1 is 1.35 bits per heavy atom. The summed E-state index contributed by atoms with van der Waals surface area (Å²) in [4.78, 5) is 22.6. The van der Waals surface area contributed by atoms with Gasteiger partial charge in [-0.3, -0.25) is 14.9 Å². The van der Waals surface area contributed by atoms with Gasteiger partial charge in [-0.1, -0.05) is 40.2 Å². The van der Waals surface area contributed by atoms with Gasteiger partial charge in [-0.15, -0.1) is 0 Å². The topological polar surface area (TPSA) is 55.4 Å². The van der Waals surface area contributed by atoms with E-state index in [9.17, 15) is 9.59 Å². The number of amides is 2. The van der Waals surface area contributed by atoms with Crippen LogP contribution >= 0.6 is 15.9 Å². The van der Waals surface area contributed by atoms with Crippen LogP contribution in [0.15, 0.2) is 24.3 Å². The van der Waals surface area contributed by atoms with E-state index in [-0.39, 0.29) is 11.8 Å². The second-order valence-corrected chi connectivity index (χ2v) is 4.90. The zero-order valence-corrected chi connectivity index (χ0v) is 10.9. The summed E-state index contributed by atoms with van der Waals surface area (Å²) in [6.07, 6.45) is 0. The maximum atomic E-state index is 11.7. The van der Waals surface area contributed by atoms with E-state index in [2.05, 4.69) is 21.2 Å². The molecular weight excluding hydrogens is 286 g/mol. The molecular formula is C12H12BrNO3. The van der Waals surface area contributed by atoms with Gasteiger partial charge < -0.3 is 4.74 Å². The van der Waals surface area contributed by atoms with Crippen LogP contribution in [0.1, 0.15) is 17.0 Å². The van der Waals surface area contributed by atoms with E-state index in [0.29, 0.717) is 6.61 Å². The standard InChI is InChI=1S/C12H12BrNO3/c1-17-6-7-3-2-4-8(5-7)9-10(13)12(16)14-11(9)15/h2-5,9-10H,6H2,1H3,(H,14,15,16). The Hall–Kier alpha value is -1.20. The van der Waals surface area contributed by atoms with Crippen molar-refractivity contribution in [3.05, 3.63) is 35.4 Å². The molecule has 0 radical (unpaired) electrons. The fraction of sp³-hybridized carbons (Fsp3) is 0.333. The van der Waals surface area contributed by atoms with Crippen LogP contribution in [0.2, 0.25) is 0 Å². The third kappa shape index (κ3) is 2.40. The number of carbonyl (C=O) groups excluding carboxylic acids is 2. The van der Waals surface area contributed by atoms with Crippen molar-refractivity contribution in [3.8, 4) is 0 Å². The van der Waals surface area contributed by atoms with Gasteiger partial charge in [-0.05, 0) is 11.1 Å². The quantitative estimate of drug-likeness (QED) is 0.677. The van der Waals surface area contributed by atoms with Crippen LogP contribution in [0.5, 0.6) is 0 Å². The predicted molar refractivity (Wildman–Crippen MR) is 65.8 cm³/mol. The van der Waals surface area contributed by atoms with Crippen LogP contribution in [0.25, 0.3) is 0 Å². The smallest absolute Gasteiger partial charge is 0.241 e. The van der Waals surface area contributed by atoms with Crippen LogP contribution in [0.4, 0.5) is 0 Å². The molecule has 1 heterocycles. The highest BCUT2D eigenvalue weighted by atomic mass is 79.9. The van der Waals surface area contributed by atoms with Crippen LogP contribution in [-0.2, 0) is 20.9 Å². The minimum Gasteiger partial charge on any atom is -0.380 e. The molecule has 17 heavy (non-hydrogen) atoms. The molecule has 0 aliphatic carbocycles. The average Bonchev–Trinajstić information content (AvgIpc) is 2.54. The van der Waals surface area contributed by atoms with Crippen LogP contribution in [0.3, 0.4) is 0 Å². The Morgan fingerprint density at radius 2 is 2.12 bits per heavy atom. The SMILES string of the molecule is COCc1cccc(C2C(=O)NC(=O)C2Br)c1. The lowest BCUT2D eigenvalue weighted by atomic mass is 9.96. The molecule has 1 aliphatic rings. The predicted octanol–water partition coefficient (Wildman–Crippen LogP) is 1.34. The highest BCUT2D eigenvalue weighted by Gasteiger charge is 2.40. The number of benzene rings is 1. The fourth-order valence-electron chi connectivity index (χ4n) is 1.92. The molecule has 0 aromatic heterocycles. The Balaban J connectivity index is 2.30. The first-order valence-corrected chi connectivity index (χ1v) is 6.11. The number of alkyl halides is 1. The first kappa shape index (κ1) is 12.3. The molecule has 2 amide bonds. The number of nitrogens with one attached hydrogen (secondary N) is 1. The fourth-order valence-corrected chi connectivity index (χ4v) is 2.58. The maximum Gasteiger partial charge on any atom is 0.241 e. The molecule has 0 spiro atoms. The molecule has 1 aromatic carbocycles. The summed E-state index contributed by atoms with van der Waals surface area (Å²) in [6, 6.07) is 7.52. The largest absolute Gasteiger partial charge is 0.380 e. The monoisotopic (exact) mass is 297 g/mol. The lowest BCUT2D eigenvalue weighted by molar-refractivity contribution is -0.125. The van der Waals surface area contributed by atoms with Gasteiger partial charge in [0.25, 0.3) is 0 Å². The van der Waals surface area contributed by atoms with Gasteiger partial charge in [0.15, 0.2) is 0 Å². The number of hydrogen-bond acceptors (Lipinski definition) is 3. The molecule has 1 fully saturated rings. The number of methoxy groups -OCH3 is 1. The maximum absolute atomic E-state index is 11.7. The van der Waals surface area contributed by atoms with Gasteiger partial charge in [0.05, 0.1) is 12.5 Å². The van der Waals surface area contributed by atoms with E-state index in [4.69, 9.17) is 4.74 Å². The van der Waals surface area contributed by atoms with Crippen LogP contribution < -0.4 is 5.32 Å². The summed E-state index contributed by atoms with van der Waals surface area (Å²) in [6.45, 7) is 0.489. The Labute approximate surface area is 107 Å². The first-order valence-electron chi connectivity index (χ1n) is 5.20. The Morgan fingerprint density at radius 3 is 2.71 bits per heavy atom. The summed E-state index contributed by atoms with van der Waals surface area (Å²) in [7, 11) is 1.62. The van der Waals surface area contributed by atoms with Crippen molar-refractivity contribution in [2.75, 3.05) is 7.11 Å². The van der Waals surface area contributed by atoms with Gasteiger partial charge in [-0.2, -0.15) is 0 Å². The van der Waals surface area contributed by atoms with Gasteiger partial charge in [-0.25, -0.2) is 0 Å². The molecule has 1 saturated heterocycles. The summed E-state index contributed by atoms with van der Waals surface area (Å²) in [5.74, 6) is -0.997. The van der Waals surface area contributed by atoms with Gasteiger partial charge in [0, 0.05) is 7.11 Å². The molecule has 5 heteroatoms. The second kappa shape index (κ2) is 4.98. The van der Waals surface area contributed by atoms with Crippen LogP contribution in [-0.4, -0.2) is 23.8 Å². The van der Waals surface area contributed by atoms with Crippen molar-refractivity contribution in [2.24, 2.45) is 0 Å². The molecule has 1 aliphatic heterocycles. The van der Waals surface area contributed by atoms with Crippen molar-refractivity contribution in [1.82, 2.24) is 5.32 Å². The molecule has 2 rings (SSSR count). The second-order valence-electron chi connectivity index (χ2n) is 3.91. The van der Waals surface area contributed by atoms with Crippen molar-refractivity contribution >= 4 is 27.7 Å². The van der Waals surface area contributed by atoms with E-state index in [1.54, 1.807) is 7.11 Å². The number of hydrogen-bond donors (Lipinski definition) is 1. The van der Waals surface area contributed by atoms with Crippen LogP contribution in [0, 0.1) is 0 Å². The molecule has 0 bridgehead atoms. The zero-order valence-electron chi connectivity index (χ0n) is 9.27. The zero-order chi connectivity index (χ0) is 12.4. The Bertz CT molecular complexity index is 461. The Kier molecular flexibility index (Phi) is 3.59. The van der Waals surface area contributed by atoms with Crippen molar-refractivity contribution < 1.29 is 14.3 Å². The van der Waals surface area contributed by atoms with E-state index in [1.807, 2.05) is 24.3 Å². The van der Waals surface area contributed by atoms with E-state index >= 15 is 0 Å². The first-order chi connectivity index (χ1) is 8.13. The molecule has 1 aromatic rings. The number of imide groups is 1. The minimum absolute atomic E-state index is 0.258. The lowest BCUT2D eigenvalue weighted by Crippen LogP contribution is -2.22. The average molecular weight is 298 g/mol. The molecule has 1 N–H and O–H groups in total. The van der Waals surface area contributed by atoms with Gasteiger partial charge >= 0.3 is 0 Å². The molecule has 2 atom stereocenters. The number of ether oxygens (including phenoxy) is 1. The van der Waals surface area contributed by atoms with E-state index < -0.39 is 10.7 Å². The van der Waals surface area contributed by atoms with E-state index in [1.165, 1.54) is 0 Å². The van der Waals surface area contributed by atoms with Crippen molar-refractivity contribution in [3.63, 3.8) is 0 Å². The summed E-state index contributed by atoms with van der Waals surface area (Å²) in [5, 5.41) is 2.31. The third-order valence-corrected chi connectivity index (χ3v) is 3.64. The molecule has 90 valence electrons. The molecule has 0 saturated carbocycles. The van der Waals surface area contributed by atoms with E-state index in [0.717, 1.165) is 11.1 Å². The number of halogens is 1. The highest BCUT2D eigenvalue weighted by molar-refractivity contribution is 9.10.